The van der Waals surface area contributed by atoms with Crippen LogP contribution in [0.2, 0.25) is 0 Å². The summed E-state index contributed by atoms with van der Waals surface area (Å²) in [5.41, 5.74) is -2.81. The Morgan fingerprint density at radius 3 is 2.67 bits per heavy atom. The summed E-state index contributed by atoms with van der Waals surface area (Å²) < 4.78 is 11.4. The Hall–Kier alpha value is -1.96. The molecule has 2 aliphatic carbocycles. The molecular weight excluding hydrogens is 352 g/mol. The Morgan fingerprint density at radius 2 is 2.07 bits per heavy atom. The fourth-order valence-corrected chi connectivity index (χ4v) is 4.87. The lowest BCUT2D eigenvalue weighted by Gasteiger charge is -2.40. The third-order valence-electron chi connectivity index (χ3n) is 6.55. The second-order valence-electron chi connectivity index (χ2n) is 8.27. The molecule has 0 radical (unpaired) electrons. The van der Waals surface area contributed by atoms with Crippen molar-refractivity contribution in [2.45, 2.75) is 63.1 Å². The van der Waals surface area contributed by atoms with Gasteiger partial charge < -0.3 is 14.6 Å². The van der Waals surface area contributed by atoms with Crippen molar-refractivity contribution in [1.29, 1.82) is 0 Å². The maximum absolute atomic E-state index is 12.4. The Morgan fingerprint density at radius 1 is 1.37 bits per heavy atom. The molecule has 0 aromatic heterocycles. The van der Waals surface area contributed by atoms with E-state index in [4.69, 9.17) is 19.2 Å². The number of rotatable bonds is 2. The molecule has 7 unspecified atom stereocenters. The molecule has 146 valence electrons. The van der Waals surface area contributed by atoms with Gasteiger partial charge in [-0.25, -0.2) is 19.4 Å². The molecule has 0 amide bonds. The SMILES string of the molecule is C=C1C(=O)OC2C1C(OC(=O)C(C)=CC)CC(C)(O)C13C=CC(C)(OO1)C23. The summed E-state index contributed by atoms with van der Waals surface area (Å²) in [6.45, 7) is 10.7. The molecule has 7 nitrogen and oxygen atoms in total. The van der Waals surface area contributed by atoms with Crippen LogP contribution >= 0.6 is 0 Å². The standard InChI is InChI=1S/C20H24O7/c1-6-10(2)16(21)24-12-9-19(5,23)20-8-7-18(4,26-27-20)15(20)14-13(12)11(3)17(22)25-14/h6-8,12-15,23H,3,9H2,1-2,4-5H3. The van der Waals surface area contributed by atoms with Gasteiger partial charge in [-0.15, -0.1) is 0 Å². The zero-order valence-corrected chi connectivity index (χ0v) is 15.9. The molecule has 7 atom stereocenters. The molecule has 2 saturated heterocycles. The van der Waals surface area contributed by atoms with Crippen LogP contribution < -0.4 is 0 Å². The highest BCUT2D eigenvalue weighted by Crippen LogP contribution is 2.61. The number of esters is 2. The summed E-state index contributed by atoms with van der Waals surface area (Å²) in [6.07, 6.45) is 3.83. The van der Waals surface area contributed by atoms with E-state index in [-0.39, 0.29) is 12.0 Å². The van der Waals surface area contributed by atoms with Gasteiger partial charge in [0.05, 0.1) is 11.8 Å². The lowest BCUT2D eigenvalue weighted by Crippen LogP contribution is -2.56. The predicted molar refractivity (Wildman–Crippen MR) is 93.0 cm³/mol. The van der Waals surface area contributed by atoms with Crippen molar-refractivity contribution in [2.24, 2.45) is 11.8 Å². The summed E-state index contributed by atoms with van der Waals surface area (Å²) in [5, 5.41) is 11.4. The van der Waals surface area contributed by atoms with Gasteiger partial charge in [-0.1, -0.05) is 18.7 Å². The van der Waals surface area contributed by atoms with Crippen molar-refractivity contribution in [3.8, 4) is 0 Å². The van der Waals surface area contributed by atoms with Gasteiger partial charge in [0, 0.05) is 17.6 Å². The van der Waals surface area contributed by atoms with Gasteiger partial charge in [-0.3, -0.25) is 0 Å². The lowest BCUT2D eigenvalue weighted by atomic mass is 9.71. The maximum atomic E-state index is 12.4. The van der Waals surface area contributed by atoms with Crippen molar-refractivity contribution in [1.82, 2.24) is 0 Å². The van der Waals surface area contributed by atoms with Crippen LogP contribution in [0.4, 0.5) is 0 Å². The van der Waals surface area contributed by atoms with Crippen LogP contribution in [0.25, 0.3) is 0 Å². The second-order valence-corrected chi connectivity index (χ2v) is 8.27. The number of hydrogen-bond acceptors (Lipinski definition) is 7. The van der Waals surface area contributed by atoms with Crippen LogP contribution in [0.15, 0.2) is 36.0 Å². The fourth-order valence-electron chi connectivity index (χ4n) is 4.87. The quantitative estimate of drug-likeness (QED) is 0.340. The first-order valence-electron chi connectivity index (χ1n) is 9.09. The van der Waals surface area contributed by atoms with Crippen LogP contribution in [0.5, 0.6) is 0 Å². The molecule has 7 heteroatoms. The van der Waals surface area contributed by atoms with Crippen LogP contribution in [0, 0.1) is 11.8 Å². The molecule has 1 N–H and O–H groups in total. The number of allylic oxidation sites excluding steroid dienone is 1. The minimum Gasteiger partial charge on any atom is -0.458 e. The van der Waals surface area contributed by atoms with E-state index < -0.39 is 52.8 Å². The smallest absolute Gasteiger partial charge is 0.334 e. The van der Waals surface area contributed by atoms with Gasteiger partial charge >= 0.3 is 11.9 Å². The van der Waals surface area contributed by atoms with E-state index in [1.807, 2.05) is 13.0 Å². The molecule has 3 fully saturated rings. The van der Waals surface area contributed by atoms with Gasteiger partial charge in [0.25, 0.3) is 0 Å². The fraction of sp³-hybridized carbons (Fsp3) is 0.600. The van der Waals surface area contributed by atoms with Gasteiger partial charge in [0.15, 0.2) is 5.60 Å². The van der Waals surface area contributed by atoms with E-state index in [0.29, 0.717) is 5.57 Å². The van der Waals surface area contributed by atoms with Crippen LogP contribution in [-0.2, 0) is 28.8 Å². The third-order valence-corrected chi connectivity index (χ3v) is 6.55. The highest BCUT2D eigenvalue weighted by molar-refractivity contribution is 5.92. The van der Waals surface area contributed by atoms with Gasteiger partial charge in [-0.05, 0) is 33.8 Å². The topological polar surface area (TPSA) is 91.3 Å². The molecule has 4 aliphatic rings. The first-order chi connectivity index (χ1) is 12.6. The Balaban J connectivity index is 1.80. The molecule has 4 rings (SSSR count). The second kappa shape index (κ2) is 5.53. The van der Waals surface area contributed by atoms with Crippen LogP contribution in [0.1, 0.15) is 34.1 Å². The first kappa shape index (κ1) is 18.4. The maximum Gasteiger partial charge on any atom is 0.334 e. The van der Waals surface area contributed by atoms with Crippen LogP contribution in [-0.4, -0.2) is 46.1 Å². The van der Waals surface area contributed by atoms with E-state index in [2.05, 4.69) is 6.58 Å². The Labute approximate surface area is 157 Å². The number of carbonyl (C=O) groups is 2. The monoisotopic (exact) mass is 376 g/mol. The molecule has 2 heterocycles. The van der Waals surface area contributed by atoms with Crippen molar-refractivity contribution in [2.75, 3.05) is 0 Å². The molecule has 0 spiro atoms. The van der Waals surface area contributed by atoms with Gasteiger partial charge in [0.1, 0.15) is 23.4 Å². The molecule has 0 aromatic carbocycles. The van der Waals surface area contributed by atoms with Crippen molar-refractivity contribution >= 4 is 11.9 Å². The first-order valence-corrected chi connectivity index (χ1v) is 9.09. The molecule has 2 bridgehead atoms. The summed E-state index contributed by atoms with van der Waals surface area (Å²) >= 11 is 0. The van der Waals surface area contributed by atoms with E-state index in [0.717, 1.165) is 0 Å². The Bertz CT molecular complexity index is 794. The number of aliphatic hydroxyl groups is 1. The van der Waals surface area contributed by atoms with Gasteiger partial charge in [-0.2, -0.15) is 0 Å². The molecular formula is C20H24O7. The van der Waals surface area contributed by atoms with Crippen molar-refractivity contribution in [3.05, 3.63) is 36.0 Å². The third kappa shape index (κ3) is 2.25. The lowest BCUT2D eigenvalue weighted by molar-refractivity contribution is -0.361. The summed E-state index contributed by atoms with van der Waals surface area (Å²) in [7, 11) is 0. The molecule has 1 saturated carbocycles. The van der Waals surface area contributed by atoms with E-state index in [1.165, 1.54) is 0 Å². The van der Waals surface area contributed by atoms with E-state index in [1.54, 1.807) is 32.9 Å². The largest absolute Gasteiger partial charge is 0.458 e. The number of carbonyl (C=O) groups excluding carboxylic acids is 2. The Kier molecular flexibility index (Phi) is 3.77. The molecule has 27 heavy (non-hydrogen) atoms. The summed E-state index contributed by atoms with van der Waals surface area (Å²) in [6, 6.07) is 0. The minimum atomic E-state index is -1.42. The van der Waals surface area contributed by atoms with Crippen molar-refractivity contribution < 1.29 is 33.9 Å². The number of ether oxygens (including phenoxy) is 2. The highest BCUT2D eigenvalue weighted by atomic mass is 17.2. The van der Waals surface area contributed by atoms with Crippen molar-refractivity contribution in [3.63, 3.8) is 0 Å². The zero-order valence-electron chi connectivity index (χ0n) is 15.9. The number of hydrogen-bond donors (Lipinski definition) is 1. The normalized spacial score (nSPS) is 48.1. The number of fused-ring (bicyclic) bond motifs is 1. The minimum absolute atomic E-state index is 0.0485. The molecule has 0 aromatic rings. The average Bonchev–Trinajstić information content (AvgIpc) is 3.16. The zero-order chi connectivity index (χ0) is 19.8. The summed E-state index contributed by atoms with van der Waals surface area (Å²) in [5.74, 6) is -2.10. The van der Waals surface area contributed by atoms with Crippen LogP contribution in [0.3, 0.4) is 0 Å². The van der Waals surface area contributed by atoms with E-state index >= 15 is 0 Å². The van der Waals surface area contributed by atoms with Gasteiger partial charge in [0.2, 0.25) is 0 Å². The van der Waals surface area contributed by atoms with E-state index in [9.17, 15) is 14.7 Å². The average molecular weight is 376 g/mol. The highest BCUT2D eigenvalue weighted by Gasteiger charge is 2.75. The summed E-state index contributed by atoms with van der Waals surface area (Å²) in [4.78, 5) is 35.9. The molecule has 2 aliphatic heterocycles. The predicted octanol–water partition coefficient (Wildman–Crippen LogP) is 1.76.